The maximum Gasteiger partial charge on any atom is 0.387 e. The monoisotopic (exact) mass is 352 g/mol. The van der Waals surface area contributed by atoms with Gasteiger partial charge in [-0.25, -0.2) is 0 Å². The van der Waals surface area contributed by atoms with E-state index in [1.54, 1.807) is 24.3 Å². The van der Waals surface area contributed by atoms with Gasteiger partial charge in [0.15, 0.2) is 0 Å². The minimum Gasteiger partial charge on any atom is -0.435 e. The van der Waals surface area contributed by atoms with Gasteiger partial charge in [0.05, 0.1) is 0 Å². The minimum absolute atomic E-state index is 0.175. The Morgan fingerprint density at radius 2 is 1.08 bits per heavy atom. The third-order valence-corrected chi connectivity index (χ3v) is 4.50. The molecule has 0 saturated heterocycles. The second kappa shape index (κ2) is 8.61. The molecule has 0 fully saturated rings. The Morgan fingerprint density at radius 1 is 0.654 bits per heavy atom. The molecule has 1 nitrogen and oxygen atoms in total. The van der Waals surface area contributed by atoms with E-state index in [1.807, 2.05) is 0 Å². The van der Waals surface area contributed by atoms with Crippen molar-refractivity contribution in [1.82, 2.24) is 0 Å². The first-order chi connectivity index (χ1) is 12.6. The quantitative estimate of drug-likeness (QED) is 0.485. The molecule has 0 aliphatic carbocycles. The number of rotatable bonds is 7. The van der Waals surface area contributed by atoms with Gasteiger partial charge < -0.3 is 4.74 Å². The van der Waals surface area contributed by atoms with E-state index in [4.69, 9.17) is 0 Å². The van der Waals surface area contributed by atoms with Crippen LogP contribution in [0.15, 0.2) is 72.8 Å². The Labute approximate surface area is 153 Å². The van der Waals surface area contributed by atoms with Crippen molar-refractivity contribution < 1.29 is 13.5 Å². The highest BCUT2D eigenvalue weighted by Crippen LogP contribution is 2.24. The Bertz CT molecular complexity index is 806. The maximum atomic E-state index is 12.2. The SMILES string of the molecule is CCc1ccc(CCc2ccc(-c3ccc(OC(F)F)cc3)cc2)cc1. The van der Waals surface area contributed by atoms with E-state index in [9.17, 15) is 8.78 Å². The first-order valence-electron chi connectivity index (χ1n) is 8.86. The summed E-state index contributed by atoms with van der Waals surface area (Å²) in [5.41, 5.74) is 6.04. The van der Waals surface area contributed by atoms with Gasteiger partial charge in [-0.2, -0.15) is 8.78 Å². The molecular formula is C23H22F2O. The van der Waals surface area contributed by atoms with Crippen LogP contribution in [0.4, 0.5) is 8.78 Å². The van der Waals surface area contributed by atoms with Gasteiger partial charge >= 0.3 is 6.61 Å². The molecule has 3 aromatic carbocycles. The van der Waals surface area contributed by atoms with Crippen molar-refractivity contribution in [3.8, 4) is 16.9 Å². The van der Waals surface area contributed by atoms with Crippen LogP contribution in [0.3, 0.4) is 0 Å². The van der Waals surface area contributed by atoms with Gasteiger partial charge in [-0.3, -0.25) is 0 Å². The lowest BCUT2D eigenvalue weighted by Crippen LogP contribution is -2.01. The average Bonchev–Trinajstić information content (AvgIpc) is 2.67. The zero-order valence-electron chi connectivity index (χ0n) is 14.8. The molecule has 0 atom stereocenters. The highest BCUT2D eigenvalue weighted by atomic mass is 19.3. The van der Waals surface area contributed by atoms with Crippen LogP contribution < -0.4 is 4.74 Å². The molecule has 134 valence electrons. The van der Waals surface area contributed by atoms with Crippen molar-refractivity contribution in [3.05, 3.63) is 89.5 Å². The second-order valence-electron chi connectivity index (χ2n) is 6.27. The van der Waals surface area contributed by atoms with E-state index in [2.05, 4.69) is 60.2 Å². The summed E-state index contributed by atoms with van der Waals surface area (Å²) >= 11 is 0. The summed E-state index contributed by atoms with van der Waals surface area (Å²) in [7, 11) is 0. The third kappa shape index (κ3) is 4.92. The summed E-state index contributed by atoms with van der Waals surface area (Å²) in [5, 5.41) is 0. The van der Waals surface area contributed by atoms with Crippen LogP contribution in [-0.2, 0) is 19.3 Å². The van der Waals surface area contributed by atoms with Crippen LogP contribution in [0.2, 0.25) is 0 Å². The number of aryl methyl sites for hydroxylation is 3. The summed E-state index contributed by atoms with van der Waals surface area (Å²) in [6, 6.07) is 23.9. The zero-order chi connectivity index (χ0) is 18.4. The molecule has 0 aliphatic heterocycles. The smallest absolute Gasteiger partial charge is 0.387 e. The molecule has 0 spiro atoms. The van der Waals surface area contributed by atoms with E-state index in [0.29, 0.717) is 0 Å². The van der Waals surface area contributed by atoms with Gasteiger partial charge in [0, 0.05) is 0 Å². The molecule has 0 bridgehead atoms. The summed E-state index contributed by atoms with van der Waals surface area (Å²) in [5.74, 6) is 0.175. The fourth-order valence-electron chi connectivity index (χ4n) is 2.92. The lowest BCUT2D eigenvalue weighted by molar-refractivity contribution is -0.0498. The van der Waals surface area contributed by atoms with E-state index in [-0.39, 0.29) is 5.75 Å². The van der Waals surface area contributed by atoms with Gasteiger partial charge in [-0.05, 0) is 59.2 Å². The number of alkyl halides is 2. The number of hydrogen-bond acceptors (Lipinski definition) is 1. The Morgan fingerprint density at radius 3 is 1.54 bits per heavy atom. The Hall–Kier alpha value is -2.68. The molecule has 0 unspecified atom stereocenters. The van der Waals surface area contributed by atoms with Crippen molar-refractivity contribution in [1.29, 1.82) is 0 Å². The second-order valence-corrected chi connectivity index (χ2v) is 6.27. The van der Waals surface area contributed by atoms with Crippen molar-refractivity contribution in [2.75, 3.05) is 0 Å². The number of ether oxygens (including phenoxy) is 1. The van der Waals surface area contributed by atoms with E-state index >= 15 is 0 Å². The van der Waals surface area contributed by atoms with Gasteiger partial charge in [0.1, 0.15) is 5.75 Å². The predicted octanol–water partition coefficient (Wildman–Crippen LogP) is 6.30. The first-order valence-corrected chi connectivity index (χ1v) is 8.86. The lowest BCUT2D eigenvalue weighted by Gasteiger charge is -2.07. The number of hydrogen-bond donors (Lipinski definition) is 0. The van der Waals surface area contributed by atoms with Crippen molar-refractivity contribution in [2.24, 2.45) is 0 Å². The zero-order valence-corrected chi connectivity index (χ0v) is 14.8. The molecule has 26 heavy (non-hydrogen) atoms. The fourth-order valence-corrected chi connectivity index (χ4v) is 2.92. The standard InChI is InChI=1S/C23H22F2O/c1-2-17-3-5-18(6-4-17)7-8-19-9-11-20(12-10-19)21-13-15-22(16-14-21)26-23(24)25/h3-6,9-16,23H,2,7-8H2,1H3. The van der Waals surface area contributed by atoms with Crippen molar-refractivity contribution >= 4 is 0 Å². The molecule has 3 heteroatoms. The molecule has 0 N–H and O–H groups in total. The Kier molecular flexibility index (Phi) is 6.00. The van der Waals surface area contributed by atoms with Crippen LogP contribution in [0.25, 0.3) is 11.1 Å². The van der Waals surface area contributed by atoms with E-state index in [0.717, 1.165) is 30.4 Å². The van der Waals surface area contributed by atoms with Crippen LogP contribution in [0, 0.1) is 0 Å². The van der Waals surface area contributed by atoms with Crippen LogP contribution in [-0.4, -0.2) is 6.61 Å². The normalized spacial score (nSPS) is 10.9. The van der Waals surface area contributed by atoms with E-state index < -0.39 is 6.61 Å². The molecule has 3 rings (SSSR count). The summed E-state index contributed by atoms with van der Waals surface area (Å²) in [6.45, 7) is -0.631. The first kappa shape index (κ1) is 18.1. The van der Waals surface area contributed by atoms with Gasteiger partial charge in [0.25, 0.3) is 0 Å². The highest BCUT2D eigenvalue weighted by molar-refractivity contribution is 5.64. The lowest BCUT2D eigenvalue weighted by atomic mass is 9.99. The topological polar surface area (TPSA) is 9.23 Å². The largest absolute Gasteiger partial charge is 0.435 e. The van der Waals surface area contributed by atoms with E-state index in [1.165, 1.54) is 16.7 Å². The third-order valence-electron chi connectivity index (χ3n) is 4.50. The van der Waals surface area contributed by atoms with Gasteiger partial charge in [0.2, 0.25) is 0 Å². The minimum atomic E-state index is -2.79. The molecule has 3 aromatic rings. The summed E-state index contributed by atoms with van der Waals surface area (Å²) < 4.78 is 28.8. The average molecular weight is 352 g/mol. The Balaban J connectivity index is 1.60. The van der Waals surface area contributed by atoms with Crippen LogP contribution in [0.5, 0.6) is 5.75 Å². The number of halogens is 2. The maximum absolute atomic E-state index is 12.2. The molecule has 0 amide bonds. The van der Waals surface area contributed by atoms with Crippen LogP contribution >= 0.6 is 0 Å². The van der Waals surface area contributed by atoms with Crippen LogP contribution in [0.1, 0.15) is 23.6 Å². The molecule has 0 aromatic heterocycles. The van der Waals surface area contributed by atoms with Gasteiger partial charge in [-0.15, -0.1) is 0 Å². The molecular weight excluding hydrogens is 330 g/mol. The molecule has 0 aliphatic rings. The van der Waals surface area contributed by atoms with Crippen molar-refractivity contribution in [3.63, 3.8) is 0 Å². The molecule has 0 heterocycles. The van der Waals surface area contributed by atoms with Gasteiger partial charge in [-0.1, -0.05) is 67.6 Å². The molecule has 0 radical (unpaired) electrons. The van der Waals surface area contributed by atoms with Crippen molar-refractivity contribution in [2.45, 2.75) is 32.8 Å². The summed E-state index contributed by atoms with van der Waals surface area (Å²) in [6.07, 6.45) is 3.08. The number of benzene rings is 3. The summed E-state index contributed by atoms with van der Waals surface area (Å²) in [4.78, 5) is 0. The predicted molar refractivity (Wildman–Crippen MR) is 102 cm³/mol. The molecule has 0 saturated carbocycles. The highest BCUT2D eigenvalue weighted by Gasteiger charge is 2.05. The fraction of sp³-hybridized carbons (Fsp3) is 0.217.